The SMILES string of the molecule is NCC1(C(=O)CC2CCCC2)CCCCC1. The maximum atomic E-state index is 12.4. The van der Waals surface area contributed by atoms with Crippen molar-refractivity contribution in [2.75, 3.05) is 6.54 Å². The lowest BCUT2D eigenvalue weighted by Crippen LogP contribution is -2.41. The van der Waals surface area contributed by atoms with E-state index in [0.717, 1.165) is 19.3 Å². The number of hydrogen-bond acceptors (Lipinski definition) is 2. The number of carbonyl (C=O) groups is 1. The molecule has 0 bridgehead atoms. The zero-order valence-corrected chi connectivity index (χ0v) is 10.3. The van der Waals surface area contributed by atoms with Gasteiger partial charge in [0.2, 0.25) is 0 Å². The summed E-state index contributed by atoms with van der Waals surface area (Å²) in [6, 6.07) is 0. The third kappa shape index (κ3) is 2.48. The molecule has 2 heteroatoms. The third-order valence-electron chi connectivity index (χ3n) is 4.74. The summed E-state index contributed by atoms with van der Waals surface area (Å²) in [4.78, 5) is 12.4. The van der Waals surface area contributed by atoms with Crippen molar-refractivity contribution in [3.8, 4) is 0 Å². The zero-order chi connectivity index (χ0) is 11.4. The molecule has 2 saturated carbocycles. The summed E-state index contributed by atoms with van der Waals surface area (Å²) in [7, 11) is 0. The quantitative estimate of drug-likeness (QED) is 0.796. The van der Waals surface area contributed by atoms with Gasteiger partial charge in [-0.05, 0) is 18.8 Å². The third-order valence-corrected chi connectivity index (χ3v) is 4.74. The first-order valence-electron chi connectivity index (χ1n) is 7.00. The monoisotopic (exact) mass is 223 g/mol. The Hall–Kier alpha value is -0.370. The van der Waals surface area contributed by atoms with Gasteiger partial charge in [0, 0.05) is 18.4 Å². The summed E-state index contributed by atoms with van der Waals surface area (Å²) in [6.45, 7) is 0.582. The Balaban J connectivity index is 1.94. The number of hydrogen-bond donors (Lipinski definition) is 1. The van der Waals surface area contributed by atoms with Gasteiger partial charge in [-0.15, -0.1) is 0 Å². The molecule has 0 aromatic rings. The van der Waals surface area contributed by atoms with E-state index in [9.17, 15) is 4.79 Å². The van der Waals surface area contributed by atoms with E-state index in [-0.39, 0.29) is 5.41 Å². The Morgan fingerprint density at radius 3 is 2.25 bits per heavy atom. The predicted octanol–water partition coefficient (Wildman–Crippen LogP) is 3.05. The Morgan fingerprint density at radius 1 is 1.06 bits per heavy atom. The molecule has 0 aliphatic heterocycles. The Labute approximate surface area is 99.0 Å². The Kier molecular flexibility index (Phi) is 4.01. The van der Waals surface area contributed by atoms with Gasteiger partial charge in [0.1, 0.15) is 5.78 Å². The highest BCUT2D eigenvalue weighted by Gasteiger charge is 2.38. The van der Waals surface area contributed by atoms with E-state index in [1.807, 2.05) is 0 Å². The van der Waals surface area contributed by atoms with Crippen molar-refractivity contribution in [3.05, 3.63) is 0 Å². The molecular weight excluding hydrogens is 198 g/mol. The van der Waals surface area contributed by atoms with Gasteiger partial charge in [0.25, 0.3) is 0 Å². The van der Waals surface area contributed by atoms with Gasteiger partial charge in [-0.3, -0.25) is 4.79 Å². The summed E-state index contributed by atoms with van der Waals surface area (Å²) >= 11 is 0. The molecule has 0 spiro atoms. The van der Waals surface area contributed by atoms with Crippen LogP contribution in [0.25, 0.3) is 0 Å². The van der Waals surface area contributed by atoms with Crippen LogP contribution < -0.4 is 5.73 Å². The molecule has 0 unspecified atom stereocenters. The minimum atomic E-state index is -0.124. The smallest absolute Gasteiger partial charge is 0.140 e. The molecular formula is C14H25NO. The highest BCUT2D eigenvalue weighted by Crippen LogP contribution is 2.39. The summed E-state index contributed by atoms with van der Waals surface area (Å²) in [5, 5.41) is 0. The van der Waals surface area contributed by atoms with E-state index in [2.05, 4.69) is 0 Å². The van der Waals surface area contributed by atoms with E-state index in [1.165, 1.54) is 44.9 Å². The molecule has 0 heterocycles. The van der Waals surface area contributed by atoms with Crippen molar-refractivity contribution in [1.82, 2.24) is 0 Å². The van der Waals surface area contributed by atoms with Gasteiger partial charge in [-0.2, -0.15) is 0 Å². The summed E-state index contributed by atoms with van der Waals surface area (Å²) in [5.74, 6) is 1.17. The topological polar surface area (TPSA) is 43.1 Å². The lowest BCUT2D eigenvalue weighted by atomic mass is 9.69. The molecule has 16 heavy (non-hydrogen) atoms. The first-order chi connectivity index (χ1) is 7.77. The summed E-state index contributed by atoms with van der Waals surface area (Å²) < 4.78 is 0. The van der Waals surface area contributed by atoms with Crippen LogP contribution in [0.5, 0.6) is 0 Å². The predicted molar refractivity (Wildman–Crippen MR) is 66.2 cm³/mol. The van der Waals surface area contributed by atoms with Gasteiger partial charge >= 0.3 is 0 Å². The highest BCUT2D eigenvalue weighted by atomic mass is 16.1. The molecule has 0 saturated heterocycles. The van der Waals surface area contributed by atoms with Crippen molar-refractivity contribution in [2.45, 2.75) is 64.2 Å². The standard InChI is InChI=1S/C14H25NO/c15-11-14(8-4-1-5-9-14)13(16)10-12-6-2-3-7-12/h12H,1-11,15H2. The van der Waals surface area contributed by atoms with Crippen LogP contribution in [-0.4, -0.2) is 12.3 Å². The van der Waals surface area contributed by atoms with Crippen LogP contribution >= 0.6 is 0 Å². The minimum absolute atomic E-state index is 0.124. The first-order valence-corrected chi connectivity index (χ1v) is 7.00. The molecule has 0 aromatic heterocycles. The molecule has 2 rings (SSSR count). The molecule has 2 N–H and O–H groups in total. The van der Waals surface area contributed by atoms with Crippen molar-refractivity contribution in [1.29, 1.82) is 0 Å². The van der Waals surface area contributed by atoms with Gasteiger partial charge in [0.05, 0.1) is 0 Å². The summed E-state index contributed by atoms with van der Waals surface area (Å²) in [6.07, 6.45) is 11.8. The average molecular weight is 223 g/mol. The van der Waals surface area contributed by atoms with Crippen LogP contribution in [0.2, 0.25) is 0 Å². The first kappa shape index (κ1) is 12.1. The van der Waals surface area contributed by atoms with Crippen LogP contribution in [0.1, 0.15) is 64.2 Å². The van der Waals surface area contributed by atoms with Crippen molar-refractivity contribution >= 4 is 5.78 Å². The van der Waals surface area contributed by atoms with Crippen LogP contribution in [0, 0.1) is 11.3 Å². The van der Waals surface area contributed by atoms with E-state index >= 15 is 0 Å². The molecule has 0 radical (unpaired) electrons. The molecule has 92 valence electrons. The molecule has 2 nitrogen and oxygen atoms in total. The number of rotatable bonds is 4. The molecule has 2 aliphatic carbocycles. The van der Waals surface area contributed by atoms with Gasteiger partial charge in [0.15, 0.2) is 0 Å². The largest absolute Gasteiger partial charge is 0.329 e. The van der Waals surface area contributed by atoms with Crippen molar-refractivity contribution in [2.24, 2.45) is 17.1 Å². The highest BCUT2D eigenvalue weighted by molar-refractivity contribution is 5.85. The lowest BCUT2D eigenvalue weighted by Gasteiger charge is -2.35. The van der Waals surface area contributed by atoms with Crippen molar-refractivity contribution < 1.29 is 4.79 Å². The van der Waals surface area contributed by atoms with Gasteiger partial charge < -0.3 is 5.73 Å². The van der Waals surface area contributed by atoms with Crippen LogP contribution in [0.15, 0.2) is 0 Å². The van der Waals surface area contributed by atoms with Gasteiger partial charge in [-0.1, -0.05) is 44.9 Å². The molecule has 0 atom stereocenters. The van der Waals surface area contributed by atoms with E-state index in [1.54, 1.807) is 0 Å². The van der Waals surface area contributed by atoms with Crippen LogP contribution in [0.4, 0.5) is 0 Å². The Bertz CT molecular complexity index is 237. The van der Waals surface area contributed by atoms with Gasteiger partial charge in [-0.25, -0.2) is 0 Å². The number of ketones is 1. The molecule has 0 amide bonds. The number of nitrogens with two attached hydrogens (primary N) is 1. The van der Waals surface area contributed by atoms with E-state index < -0.39 is 0 Å². The minimum Gasteiger partial charge on any atom is -0.329 e. The number of Topliss-reactive ketones (excluding diaryl/α,β-unsaturated/α-hetero) is 1. The molecule has 2 fully saturated rings. The van der Waals surface area contributed by atoms with Crippen LogP contribution in [0.3, 0.4) is 0 Å². The lowest BCUT2D eigenvalue weighted by molar-refractivity contribution is -0.131. The fraction of sp³-hybridized carbons (Fsp3) is 0.929. The van der Waals surface area contributed by atoms with E-state index in [0.29, 0.717) is 18.2 Å². The molecule has 2 aliphatic rings. The molecule has 0 aromatic carbocycles. The second kappa shape index (κ2) is 5.31. The van der Waals surface area contributed by atoms with Crippen LogP contribution in [-0.2, 0) is 4.79 Å². The van der Waals surface area contributed by atoms with Crippen molar-refractivity contribution in [3.63, 3.8) is 0 Å². The maximum Gasteiger partial charge on any atom is 0.140 e. The second-order valence-corrected chi connectivity index (χ2v) is 5.82. The fourth-order valence-electron chi connectivity index (χ4n) is 3.52. The second-order valence-electron chi connectivity index (χ2n) is 5.82. The van der Waals surface area contributed by atoms with E-state index in [4.69, 9.17) is 5.73 Å². The zero-order valence-electron chi connectivity index (χ0n) is 10.3. The summed E-state index contributed by atoms with van der Waals surface area (Å²) in [5.41, 5.74) is 5.77. The normalized spacial score (nSPS) is 25.8. The number of carbonyl (C=O) groups excluding carboxylic acids is 1. The fourth-order valence-corrected chi connectivity index (χ4v) is 3.52. The maximum absolute atomic E-state index is 12.4. The average Bonchev–Trinajstić information content (AvgIpc) is 2.82. The Morgan fingerprint density at radius 2 is 1.69 bits per heavy atom.